The van der Waals surface area contributed by atoms with E-state index in [1.165, 1.54) is 0 Å². The molecule has 0 spiro atoms. The molecule has 242 valence electrons. The van der Waals surface area contributed by atoms with E-state index in [-0.39, 0.29) is 50.2 Å². The molecular formula is C33H53N3O7. The van der Waals surface area contributed by atoms with Gasteiger partial charge >= 0.3 is 12.1 Å². The number of nitrogens with zero attached hydrogens (tertiary/aromatic N) is 1. The zero-order chi connectivity index (χ0) is 32.4. The molecule has 4 atom stereocenters. The summed E-state index contributed by atoms with van der Waals surface area (Å²) in [5.74, 6) is -1.59. The highest BCUT2D eigenvalue weighted by molar-refractivity contribution is 5.96. The summed E-state index contributed by atoms with van der Waals surface area (Å²) in [7, 11) is 0. The Morgan fingerprint density at radius 3 is 2.40 bits per heavy atom. The Balaban J connectivity index is 2.22. The van der Waals surface area contributed by atoms with Crippen molar-refractivity contribution in [1.29, 1.82) is 0 Å². The van der Waals surface area contributed by atoms with Crippen molar-refractivity contribution >= 4 is 29.6 Å². The molecule has 2 rings (SSSR count). The van der Waals surface area contributed by atoms with Crippen molar-refractivity contribution in [2.24, 2.45) is 17.3 Å². The molecule has 3 amide bonds. The van der Waals surface area contributed by atoms with Crippen LogP contribution in [0.4, 0.5) is 10.5 Å². The summed E-state index contributed by atoms with van der Waals surface area (Å²) < 4.78 is 10.7. The fraction of sp³-hybridized carbons (Fsp3) is 0.697. The number of aliphatic hydroxyl groups excluding tert-OH is 1. The maximum Gasteiger partial charge on any atom is 0.407 e. The number of carbonyl (C=O) groups excluding carboxylic acids is 4. The van der Waals surface area contributed by atoms with E-state index in [0.717, 1.165) is 24.1 Å². The Hall–Kier alpha value is -3.14. The van der Waals surface area contributed by atoms with Crippen LogP contribution >= 0.6 is 0 Å². The fourth-order valence-corrected chi connectivity index (χ4v) is 5.36. The van der Waals surface area contributed by atoms with Crippen molar-refractivity contribution in [3.8, 4) is 0 Å². The molecule has 0 aromatic heterocycles. The van der Waals surface area contributed by atoms with E-state index in [1.807, 2.05) is 45.0 Å². The van der Waals surface area contributed by atoms with E-state index in [2.05, 4.69) is 10.6 Å². The number of rotatable bonds is 14. The van der Waals surface area contributed by atoms with E-state index >= 15 is 0 Å². The molecular weight excluding hydrogens is 550 g/mol. The molecule has 0 fully saturated rings. The lowest BCUT2D eigenvalue weighted by Crippen LogP contribution is -2.49. The number of carbonyl (C=O) groups is 4. The van der Waals surface area contributed by atoms with Gasteiger partial charge in [-0.2, -0.15) is 0 Å². The molecule has 0 aliphatic carbocycles. The smallest absolute Gasteiger partial charge is 0.407 e. The van der Waals surface area contributed by atoms with Crippen LogP contribution in [0.25, 0.3) is 0 Å². The summed E-state index contributed by atoms with van der Waals surface area (Å²) in [4.78, 5) is 53.4. The number of amides is 3. The van der Waals surface area contributed by atoms with Crippen LogP contribution in [0.15, 0.2) is 24.3 Å². The van der Waals surface area contributed by atoms with Gasteiger partial charge in [0, 0.05) is 31.1 Å². The molecule has 1 aliphatic heterocycles. The molecule has 1 aliphatic rings. The lowest BCUT2D eigenvalue weighted by molar-refractivity contribution is -0.147. The molecule has 3 N–H and O–H groups in total. The van der Waals surface area contributed by atoms with Crippen LogP contribution in [0.5, 0.6) is 0 Å². The molecule has 10 nitrogen and oxygen atoms in total. The number of nitrogens with one attached hydrogen (secondary N) is 2. The first kappa shape index (κ1) is 36.1. The summed E-state index contributed by atoms with van der Waals surface area (Å²) in [5, 5.41) is 17.0. The topological polar surface area (TPSA) is 134 Å². The molecule has 10 heteroatoms. The number of unbranched alkanes of at least 4 members (excludes halogenated alkanes) is 1. The monoisotopic (exact) mass is 603 g/mol. The van der Waals surface area contributed by atoms with Gasteiger partial charge in [-0.1, -0.05) is 52.3 Å². The van der Waals surface area contributed by atoms with E-state index in [1.54, 1.807) is 39.5 Å². The van der Waals surface area contributed by atoms with Crippen molar-refractivity contribution in [3.05, 3.63) is 29.8 Å². The van der Waals surface area contributed by atoms with Crippen molar-refractivity contribution < 1.29 is 33.8 Å². The molecule has 43 heavy (non-hydrogen) atoms. The molecule has 1 unspecified atom stereocenters. The van der Waals surface area contributed by atoms with Crippen LogP contribution in [0.3, 0.4) is 0 Å². The predicted molar refractivity (Wildman–Crippen MR) is 167 cm³/mol. The minimum Gasteiger partial charge on any atom is -0.466 e. The van der Waals surface area contributed by atoms with Crippen molar-refractivity contribution in [2.75, 3.05) is 24.6 Å². The second-order valence-electron chi connectivity index (χ2n) is 13.4. The molecule has 1 aromatic carbocycles. The van der Waals surface area contributed by atoms with Crippen LogP contribution in [-0.4, -0.2) is 66.4 Å². The average molecular weight is 604 g/mol. The second kappa shape index (κ2) is 16.1. The van der Waals surface area contributed by atoms with Gasteiger partial charge in [-0.25, -0.2) is 4.79 Å². The summed E-state index contributed by atoms with van der Waals surface area (Å²) in [6.07, 6.45) is 1.07. The first-order valence-electron chi connectivity index (χ1n) is 15.6. The fourth-order valence-electron chi connectivity index (χ4n) is 5.36. The van der Waals surface area contributed by atoms with Crippen LogP contribution < -0.4 is 15.5 Å². The number of ether oxygens (including phenoxy) is 2. The zero-order valence-corrected chi connectivity index (χ0v) is 27.3. The number of fused-ring (bicyclic) bond motifs is 1. The summed E-state index contributed by atoms with van der Waals surface area (Å²) >= 11 is 0. The number of alkyl carbamates (subject to hydrolysis) is 1. The largest absolute Gasteiger partial charge is 0.466 e. The Bertz CT molecular complexity index is 1100. The lowest BCUT2D eigenvalue weighted by Gasteiger charge is -2.37. The lowest BCUT2D eigenvalue weighted by atomic mass is 9.79. The molecule has 1 aromatic rings. The van der Waals surface area contributed by atoms with Gasteiger partial charge < -0.3 is 30.1 Å². The number of benzene rings is 1. The van der Waals surface area contributed by atoms with E-state index in [4.69, 9.17) is 9.47 Å². The molecule has 1 heterocycles. The number of esters is 1. The average Bonchev–Trinajstić information content (AvgIpc) is 2.90. The molecule has 0 saturated heterocycles. The minimum atomic E-state index is -1.06. The first-order valence-corrected chi connectivity index (χ1v) is 15.6. The standard InChI is InChI=1S/C33H53N3O7/c1-9-11-16-34-29(39)22(3)17-27(37)25(35-31(41)43-32(4,5)6)19-33(7,8)20-28(38)36-21-24(30(40)42-10-2)18-23-14-12-13-15-26(23)36/h12-15,22,24-25,27,37H,9-11,16-21H2,1-8H3,(H,34,39)(H,35,41)/t22-,24?,25+,27+/m1/s1. The van der Waals surface area contributed by atoms with Crippen molar-refractivity contribution in [3.63, 3.8) is 0 Å². The number of para-hydroxylation sites is 1. The first-order chi connectivity index (χ1) is 20.1. The highest BCUT2D eigenvalue weighted by Crippen LogP contribution is 2.35. The third-order valence-electron chi connectivity index (χ3n) is 7.51. The van der Waals surface area contributed by atoms with Crippen molar-refractivity contribution in [2.45, 2.75) is 112 Å². The highest BCUT2D eigenvalue weighted by atomic mass is 16.6. The van der Waals surface area contributed by atoms with E-state index in [9.17, 15) is 24.3 Å². The quantitative estimate of drug-likeness (QED) is 0.206. The summed E-state index contributed by atoms with van der Waals surface area (Å²) in [6.45, 7) is 15.7. The van der Waals surface area contributed by atoms with Crippen molar-refractivity contribution in [1.82, 2.24) is 10.6 Å². The maximum absolute atomic E-state index is 13.8. The van der Waals surface area contributed by atoms with Crippen LogP contribution in [0, 0.1) is 17.3 Å². The molecule has 0 saturated carbocycles. The zero-order valence-electron chi connectivity index (χ0n) is 27.3. The Labute approximate surface area is 257 Å². The van der Waals surface area contributed by atoms with Crippen LogP contribution in [0.2, 0.25) is 0 Å². The van der Waals surface area contributed by atoms with E-state index in [0.29, 0.717) is 13.0 Å². The predicted octanol–water partition coefficient (Wildman–Crippen LogP) is 4.76. The third kappa shape index (κ3) is 11.8. The van der Waals surface area contributed by atoms with Gasteiger partial charge in [0.1, 0.15) is 5.60 Å². The van der Waals surface area contributed by atoms with Gasteiger partial charge in [-0.15, -0.1) is 0 Å². The Morgan fingerprint density at radius 1 is 1.09 bits per heavy atom. The second-order valence-corrected chi connectivity index (χ2v) is 13.4. The molecule has 0 radical (unpaired) electrons. The number of aliphatic hydroxyl groups is 1. The van der Waals surface area contributed by atoms with Crippen LogP contribution in [0.1, 0.15) is 93.1 Å². The van der Waals surface area contributed by atoms with Gasteiger partial charge in [0.15, 0.2) is 0 Å². The molecule has 0 bridgehead atoms. The van der Waals surface area contributed by atoms with Gasteiger partial charge in [0.2, 0.25) is 11.8 Å². The SMILES string of the molecule is CCCCNC(=O)[C@H](C)C[C@H](O)[C@H](CC(C)(C)CC(=O)N1CC(C(=O)OCC)Cc2ccccc21)NC(=O)OC(C)(C)C. The van der Waals surface area contributed by atoms with Gasteiger partial charge in [-0.05, 0) is 70.4 Å². The van der Waals surface area contributed by atoms with Crippen LogP contribution in [-0.2, 0) is 30.3 Å². The summed E-state index contributed by atoms with van der Waals surface area (Å²) in [5.41, 5.74) is 0.268. The number of anilines is 1. The van der Waals surface area contributed by atoms with Gasteiger partial charge in [0.05, 0.1) is 24.7 Å². The maximum atomic E-state index is 13.8. The minimum absolute atomic E-state index is 0.100. The summed E-state index contributed by atoms with van der Waals surface area (Å²) in [6, 6.07) is 6.78. The third-order valence-corrected chi connectivity index (χ3v) is 7.51. The number of hydrogen-bond donors (Lipinski definition) is 3. The van der Waals surface area contributed by atoms with E-state index < -0.39 is 41.1 Å². The highest BCUT2D eigenvalue weighted by Gasteiger charge is 2.38. The number of hydrogen-bond acceptors (Lipinski definition) is 7. The normalized spacial score (nSPS) is 17.2. The van der Waals surface area contributed by atoms with Gasteiger partial charge in [0.25, 0.3) is 0 Å². The Morgan fingerprint density at radius 2 is 1.77 bits per heavy atom. The van der Waals surface area contributed by atoms with Gasteiger partial charge in [-0.3, -0.25) is 14.4 Å². The Kier molecular flexibility index (Phi) is 13.5.